The molecule has 0 fully saturated rings. The van der Waals surface area contributed by atoms with Crippen molar-refractivity contribution in [1.29, 1.82) is 0 Å². The Labute approximate surface area is 145 Å². The Morgan fingerprint density at radius 3 is 2.68 bits per heavy atom. The van der Waals surface area contributed by atoms with Gasteiger partial charge in [0.2, 0.25) is 0 Å². The first-order valence-corrected chi connectivity index (χ1v) is 8.30. The lowest BCUT2D eigenvalue weighted by Crippen LogP contribution is -2.31. The summed E-state index contributed by atoms with van der Waals surface area (Å²) in [6.45, 7) is 4.45. The van der Waals surface area contributed by atoms with Crippen LogP contribution in [-0.2, 0) is 0 Å². The molecular formula is C20H18N4O. The predicted octanol–water partition coefficient (Wildman–Crippen LogP) is 3.86. The average Bonchev–Trinajstić information content (AvgIpc) is 3.03. The molecule has 0 atom stereocenters. The number of anilines is 1. The van der Waals surface area contributed by atoms with Gasteiger partial charge < -0.3 is 4.90 Å². The second kappa shape index (κ2) is 6.02. The number of benzene rings is 2. The quantitative estimate of drug-likeness (QED) is 0.573. The summed E-state index contributed by atoms with van der Waals surface area (Å²) < 4.78 is 1.84. The van der Waals surface area contributed by atoms with Crippen molar-refractivity contribution in [3.8, 4) is 0 Å². The maximum absolute atomic E-state index is 13.2. The highest BCUT2D eigenvalue weighted by Crippen LogP contribution is 2.27. The van der Waals surface area contributed by atoms with Gasteiger partial charge in [0.05, 0.1) is 11.3 Å². The zero-order valence-electron chi connectivity index (χ0n) is 14.2. The summed E-state index contributed by atoms with van der Waals surface area (Å²) in [5.74, 6) is 0.728. The highest BCUT2D eigenvalue weighted by atomic mass is 16.2. The monoisotopic (exact) mass is 330 g/mol. The van der Waals surface area contributed by atoms with E-state index >= 15 is 0 Å². The molecular weight excluding hydrogens is 312 g/mol. The molecule has 0 unspecified atom stereocenters. The van der Waals surface area contributed by atoms with Crippen LogP contribution in [0.4, 0.5) is 5.69 Å². The molecule has 0 saturated heterocycles. The molecule has 0 N–H and O–H groups in total. The molecule has 0 bridgehead atoms. The minimum Gasteiger partial charge on any atom is -0.308 e. The largest absolute Gasteiger partial charge is 0.308 e. The minimum atomic E-state index is -0.0335. The van der Waals surface area contributed by atoms with Gasteiger partial charge in [-0.25, -0.2) is 0 Å². The van der Waals surface area contributed by atoms with Crippen LogP contribution >= 0.6 is 0 Å². The van der Waals surface area contributed by atoms with Crippen molar-refractivity contribution in [2.75, 3.05) is 11.4 Å². The van der Waals surface area contributed by atoms with Crippen molar-refractivity contribution < 1.29 is 4.79 Å². The van der Waals surface area contributed by atoms with Gasteiger partial charge >= 0.3 is 0 Å². The lowest BCUT2D eigenvalue weighted by molar-refractivity contribution is 0.0988. The van der Waals surface area contributed by atoms with E-state index in [1.807, 2.05) is 59.5 Å². The number of rotatable bonds is 3. The van der Waals surface area contributed by atoms with Crippen LogP contribution in [0.2, 0.25) is 0 Å². The number of aryl methyl sites for hydroxylation is 1. The molecule has 0 saturated carbocycles. The summed E-state index contributed by atoms with van der Waals surface area (Å²) >= 11 is 0. The molecule has 5 nitrogen and oxygen atoms in total. The van der Waals surface area contributed by atoms with Gasteiger partial charge in [-0.2, -0.15) is 0 Å². The number of carbonyl (C=O) groups excluding carboxylic acids is 1. The molecule has 4 rings (SSSR count). The zero-order valence-corrected chi connectivity index (χ0v) is 14.2. The number of amides is 1. The molecule has 0 spiro atoms. The van der Waals surface area contributed by atoms with Crippen LogP contribution in [0.3, 0.4) is 0 Å². The third-order valence-electron chi connectivity index (χ3n) is 4.44. The molecule has 25 heavy (non-hydrogen) atoms. The molecule has 0 radical (unpaired) electrons. The molecule has 5 heteroatoms. The van der Waals surface area contributed by atoms with Gasteiger partial charge in [0.25, 0.3) is 5.91 Å². The fourth-order valence-electron chi connectivity index (χ4n) is 3.15. The second-order valence-corrected chi connectivity index (χ2v) is 5.94. The summed E-state index contributed by atoms with van der Waals surface area (Å²) in [5.41, 5.74) is 2.28. The van der Waals surface area contributed by atoms with Crippen LogP contribution in [0.25, 0.3) is 16.4 Å². The Kier molecular flexibility index (Phi) is 3.69. The third-order valence-corrected chi connectivity index (χ3v) is 4.44. The van der Waals surface area contributed by atoms with Crippen molar-refractivity contribution in [1.82, 2.24) is 14.6 Å². The summed E-state index contributed by atoms with van der Waals surface area (Å²) in [4.78, 5) is 15.0. The van der Waals surface area contributed by atoms with E-state index in [-0.39, 0.29) is 5.91 Å². The molecule has 2 aromatic heterocycles. The van der Waals surface area contributed by atoms with Gasteiger partial charge in [-0.1, -0.05) is 36.4 Å². The van der Waals surface area contributed by atoms with Gasteiger partial charge in [-0.15, -0.1) is 10.2 Å². The van der Waals surface area contributed by atoms with Crippen LogP contribution in [0.5, 0.6) is 0 Å². The van der Waals surface area contributed by atoms with Crippen molar-refractivity contribution in [2.24, 2.45) is 0 Å². The number of hydrogen-bond acceptors (Lipinski definition) is 3. The van der Waals surface area contributed by atoms with Crippen LogP contribution in [-0.4, -0.2) is 27.0 Å². The van der Waals surface area contributed by atoms with Crippen molar-refractivity contribution in [2.45, 2.75) is 13.8 Å². The number of nitrogens with zero attached hydrogens (tertiary/aromatic N) is 4. The topological polar surface area (TPSA) is 50.5 Å². The molecule has 124 valence electrons. The predicted molar refractivity (Wildman–Crippen MR) is 99.0 cm³/mol. The van der Waals surface area contributed by atoms with Crippen molar-refractivity contribution >= 4 is 28.0 Å². The molecule has 1 amide bonds. The Morgan fingerprint density at radius 1 is 1.04 bits per heavy atom. The standard InChI is InChI=1S/C20H18N4O/c1-3-23(18-10-6-8-15-7-4-5-9-17(15)18)20(25)16-11-12-19-22-21-14(2)24(19)13-16/h4-13H,3H2,1-2H3. The van der Waals surface area contributed by atoms with Crippen molar-refractivity contribution in [3.63, 3.8) is 0 Å². The average molecular weight is 330 g/mol. The third kappa shape index (κ3) is 2.54. The fourth-order valence-corrected chi connectivity index (χ4v) is 3.15. The normalized spacial score (nSPS) is 11.1. The number of fused-ring (bicyclic) bond motifs is 2. The highest BCUT2D eigenvalue weighted by Gasteiger charge is 2.19. The van der Waals surface area contributed by atoms with E-state index in [1.54, 1.807) is 12.3 Å². The summed E-state index contributed by atoms with van der Waals surface area (Å²) in [7, 11) is 0. The second-order valence-electron chi connectivity index (χ2n) is 5.94. The Hall–Kier alpha value is -3.21. The summed E-state index contributed by atoms with van der Waals surface area (Å²) in [5, 5.41) is 10.3. The van der Waals surface area contributed by atoms with E-state index < -0.39 is 0 Å². The number of aromatic nitrogens is 3. The Bertz CT molecular complexity index is 1080. The van der Waals surface area contributed by atoms with Gasteiger partial charge in [0, 0.05) is 18.1 Å². The van der Waals surface area contributed by atoms with Gasteiger partial charge in [0.1, 0.15) is 5.82 Å². The fraction of sp³-hybridized carbons (Fsp3) is 0.150. The molecule has 2 heterocycles. The molecule has 0 aliphatic carbocycles. The summed E-state index contributed by atoms with van der Waals surface area (Å²) in [6.07, 6.45) is 1.81. The lowest BCUT2D eigenvalue weighted by Gasteiger charge is -2.23. The molecule has 0 aliphatic rings. The first-order chi connectivity index (χ1) is 12.2. The van der Waals surface area contributed by atoms with E-state index in [0.717, 1.165) is 27.9 Å². The number of hydrogen-bond donors (Lipinski definition) is 0. The van der Waals surface area contributed by atoms with Gasteiger partial charge in [0.15, 0.2) is 5.65 Å². The van der Waals surface area contributed by atoms with Crippen LogP contribution in [0.1, 0.15) is 23.1 Å². The van der Waals surface area contributed by atoms with E-state index in [4.69, 9.17) is 0 Å². The smallest absolute Gasteiger partial charge is 0.259 e. The van der Waals surface area contributed by atoms with E-state index in [2.05, 4.69) is 22.3 Å². The van der Waals surface area contributed by atoms with Crippen LogP contribution in [0.15, 0.2) is 60.8 Å². The van der Waals surface area contributed by atoms with E-state index in [9.17, 15) is 4.79 Å². The number of carbonyl (C=O) groups is 1. The molecule has 2 aromatic carbocycles. The SMILES string of the molecule is CCN(C(=O)c1ccc2nnc(C)n2c1)c1cccc2ccccc12. The summed E-state index contributed by atoms with van der Waals surface area (Å²) in [6, 6.07) is 17.8. The van der Waals surface area contributed by atoms with Gasteiger partial charge in [-0.05, 0) is 37.4 Å². The molecule has 0 aliphatic heterocycles. The van der Waals surface area contributed by atoms with Crippen molar-refractivity contribution in [3.05, 3.63) is 72.2 Å². The minimum absolute atomic E-state index is 0.0335. The van der Waals surface area contributed by atoms with E-state index in [0.29, 0.717) is 12.1 Å². The highest BCUT2D eigenvalue weighted by molar-refractivity contribution is 6.10. The first-order valence-electron chi connectivity index (χ1n) is 8.30. The maximum atomic E-state index is 13.2. The molecule has 4 aromatic rings. The van der Waals surface area contributed by atoms with Crippen LogP contribution < -0.4 is 4.90 Å². The first kappa shape index (κ1) is 15.3. The number of pyridine rings is 1. The zero-order chi connectivity index (χ0) is 17.4. The van der Waals surface area contributed by atoms with E-state index in [1.165, 1.54) is 0 Å². The van der Waals surface area contributed by atoms with Gasteiger partial charge in [-0.3, -0.25) is 9.20 Å². The van der Waals surface area contributed by atoms with Crippen LogP contribution in [0, 0.1) is 6.92 Å². The maximum Gasteiger partial charge on any atom is 0.259 e. The Morgan fingerprint density at radius 2 is 1.84 bits per heavy atom. The Balaban J connectivity index is 1.81. The lowest BCUT2D eigenvalue weighted by atomic mass is 10.1.